The highest BCUT2D eigenvalue weighted by molar-refractivity contribution is 6.29. The van der Waals surface area contributed by atoms with Gasteiger partial charge in [0.1, 0.15) is 0 Å². The predicted molar refractivity (Wildman–Crippen MR) is 45.4 cm³/mol. The van der Waals surface area contributed by atoms with E-state index in [0.29, 0.717) is 10.6 Å². The molecule has 3 heteroatoms. The summed E-state index contributed by atoms with van der Waals surface area (Å²) in [5, 5.41) is 0.559. The summed E-state index contributed by atoms with van der Waals surface area (Å²) in [5.74, 6) is -0.368. The Kier molecular flexibility index (Phi) is 4.62. The molecule has 0 bridgehead atoms. The maximum Gasteiger partial charge on any atom is 0.337 e. The Morgan fingerprint density at radius 3 is 2.36 bits per heavy atom. The van der Waals surface area contributed by atoms with E-state index in [2.05, 4.69) is 4.74 Å². The Labute approximate surface area is 71.5 Å². The Bertz CT molecular complexity index is 200. The first kappa shape index (κ1) is 10.2. The first-order valence-electron chi connectivity index (χ1n) is 3.20. The van der Waals surface area contributed by atoms with Crippen LogP contribution in [0.15, 0.2) is 22.8 Å². The van der Waals surface area contributed by atoms with Crippen molar-refractivity contribution in [2.24, 2.45) is 0 Å². The Balaban J connectivity index is 4.45. The Morgan fingerprint density at radius 1 is 1.55 bits per heavy atom. The van der Waals surface area contributed by atoms with E-state index in [4.69, 9.17) is 11.6 Å². The molecular formula is C8H11ClO2. The molecule has 0 rings (SSSR count). The number of hydrogen-bond donors (Lipinski definition) is 0. The van der Waals surface area contributed by atoms with Gasteiger partial charge < -0.3 is 4.74 Å². The standard InChI is InChI=1S/C8H11ClO2/c1-4-7(5-6(2)9)8(10)11-3/h4-5H,1-3H3. The first-order chi connectivity index (χ1) is 5.11. The molecule has 0 atom stereocenters. The minimum Gasteiger partial charge on any atom is -0.465 e. The fraction of sp³-hybridized carbons (Fsp3) is 0.375. The average Bonchev–Trinajstić information content (AvgIpc) is 1.98. The van der Waals surface area contributed by atoms with Crippen LogP contribution in [-0.4, -0.2) is 13.1 Å². The minimum absolute atomic E-state index is 0.368. The van der Waals surface area contributed by atoms with Gasteiger partial charge in [-0.05, 0) is 19.9 Å². The van der Waals surface area contributed by atoms with Crippen LogP contribution >= 0.6 is 11.6 Å². The molecule has 0 aromatic heterocycles. The number of hydrogen-bond acceptors (Lipinski definition) is 2. The van der Waals surface area contributed by atoms with Crippen molar-refractivity contribution >= 4 is 17.6 Å². The number of carbonyl (C=O) groups excluding carboxylic acids is 1. The predicted octanol–water partition coefficient (Wildman–Crippen LogP) is 2.25. The third kappa shape index (κ3) is 3.83. The largest absolute Gasteiger partial charge is 0.465 e. The van der Waals surface area contributed by atoms with Crippen molar-refractivity contribution in [3.8, 4) is 0 Å². The maximum atomic E-state index is 10.9. The molecule has 0 aromatic rings. The molecule has 0 aliphatic rings. The van der Waals surface area contributed by atoms with Gasteiger partial charge in [0.05, 0.1) is 12.7 Å². The zero-order chi connectivity index (χ0) is 8.85. The van der Waals surface area contributed by atoms with Gasteiger partial charge in [0, 0.05) is 5.03 Å². The van der Waals surface area contributed by atoms with Gasteiger partial charge in [0.2, 0.25) is 0 Å². The molecule has 0 saturated carbocycles. The van der Waals surface area contributed by atoms with Gasteiger partial charge in [0.25, 0.3) is 0 Å². The van der Waals surface area contributed by atoms with Crippen molar-refractivity contribution in [3.05, 3.63) is 22.8 Å². The van der Waals surface area contributed by atoms with E-state index in [9.17, 15) is 4.79 Å². The van der Waals surface area contributed by atoms with Gasteiger partial charge in [-0.1, -0.05) is 17.7 Å². The Hall–Kier alpha value is -0.760. The van der Waals surface area contributed by atoms with E-state index in [1.54, 1.807) is 26.0 Å². The molecule has 62 valence electrons. The fourth-order valence-electron chi connectivity index (χ4n) is 0.592. The summed E-state index contributed by atoms with van der Waals surface area (Å²) in [5.41, 5.74) is 0.472. The van der Waals surface area contributed by atoms with Crippen LogP contribution in [0.4, 0.5) is 0 Å². The SMILES string of the molecule is CC=C(C=C(C)Cl)C(=O)OC. The quantitative estimate of drug-likeness (QED) is 0.365. The summed E-state index contributed by atoms with van der Waals surface area (Å²) in [6.07, 6.45) is 3.21. The molecule has 11 heavy (non-hydrogen) atoms. The molecule has 0 fully saturated rings. The van der Waals surface area contributed by atoms with Crippen LogP contribution in [0, 0.1) is 0 Å². The number of allylic oxidation sites excluding steroid dienone is 2. The number of esters is 1. The molecule has 0 saturated heterocycles. The third-order valence-electron chi connectivity index (χ3n) is 1.09. The summed E-state index contributed by atoms with van der Waals surface area (Å²) >= 11 is 5.56. The number of halogens is 1. The lowest BCUT2D eigenvalue weighted by Crippen LogP contribution is -2.02. The van der Waals surface area contributed by atoms with Crippen LogP contribution in [0.3, 0.4) is 0 Å². The van der Waals surface area contributed by atoms with E-state index in [1.165, 1.54) is 7.11 Å². The zero-order valence-corrected chi connectivity index (χ0v) is 7.61. The summed E-state index contributed by atoms with van der Waals surface area (Å²) in [6.45, 7) is 3.45. The van der Waals surface area contributed by atoms with E-state index < -0.39 is 0 Å². The van der Waals surface area contributed by atoms with Crippen LogP contribution in [0.1, 0.15) is 13.8 Å². The third-order valence-corrected chi connectivity index (χ3v) is 1.20. The van der Waals surface area contributed by atoms with Gasteiger partial charge in [-0.2, -0.15) is 0 Å². The highest BCUT2D eigenvalue weighted by Gasteiger charge is 2.03. The highest BCUT2D eigenvalue weighted by atomic mass is 35.5. The fourth-order valence-corrected chi connectivity index (χ4v) is 0.710. The number of carbonyl (C=O) groups is 1. The molecule has 0 amide bonds. The minimum atomic E-state index is -0.368. The molecule has 0 aliphatic heterocycles. The van der Waals surface area contributed by atoms with Crippen molar-refractivity contribution in [3.63, 3.8) is 0 Å². The van der Waals surface area contributed by atoms with Crippen LogP contribution in [0.5, 0.6) is 0 Å². The summed E-state index contributed by atoms with van der Waals surface area (Å²) in [6, 6.07) is 0. The van der Waals surface area contributed by atoms with Crippen molar-refractivity contribution in [2.75, 3.05) is 7.11 Å². The van der Waals surface area contributed by atoms with Crippen molar-refractivity contribution < 1.29 is 9.53 Å². The molecule has 0 radical (unpaired) electrons. The van der Waals surface area contributed by atoms with Gasteiger partial charge in [0.15, 0.2) is 0 Å². The molecule has 0 heterocycles. The lowest BCUT2D eigenvalue weighted by Gasteiger charge is -1.97. The average molecular weight is 175 g/mol. The van der Waals surface area contributed by atoms with Crippen LogP contribution in [0.2, 0.25) is 0 Å². The van der Waals surface area contributed by atoms with Gasteiger partial charge in [-0.25, -0.2) is 4.79 Å². The molecule has 0 aliphatic carbocycles. The summed E-state index contributed by atoms with van der Waals surface area (Å²) < 4.78 is 4.49. The normalized spacial score (nSPS) is 13.1. The van der Waals surface area contributed by atoms with Gasteiger partial charge in [-0.3, -0.25) is 0 Å². The number of ether oxygens (including phenoxy) is 1. The van der Waals surface area contributed by atoms with Gasteiger partial charge >= 0.3 is 5.97 Å². The lowest BCUT2D eigenvalue weighted by molar-refractivity contribution is -0.135. The van der Waals surface area contributed by atoms with Crippen LogP contribution < -0.4 is 0 Å². The van der Waals surface area contributed by atoms with E-state index in [0.717, 1.165) is 0 Å². The number of rotatable bonds is 2. The molecule has 0 spiro atoms. The van der Waals surface area contributed by atoms with E-state index >= 15 is 0 Å². The van der Waals surface area contributed by atoms with Crippen LogP contribution in [0.25, 0.3) is 0 Å². The van der Waals surface area contributed by atoms with E-state index in [-0.39, 0.29) is 5.97 Å². The van der Waals surface area contributed by atoms with Crippen molar-refractivity contribution in [2.45, 2.75) is 13.8 Å². The van der Waals surface area contributed by atoms with E-state index in [1.807, 2.05) is 0 Å². The van der Waals surface area contributed by atoms with Gasteiger partial charge in [-0.15, -0.1) is 0 Å². The van der Waals surface area contributed by atoms with Crippen molar-refractivity contribution in [1.29, 1.82) is 0 Å². The van der Waals surface area contributed by atoms with Crippen LogP contribution in [-0.2, 0) is 9.53 Å². The first-order valence-corrected chi connectivity index (χ1v) is 3.58. The zero-order valence-electron chi connectivity index (χ0n) is 6.85. The second-order valence-corrected chi connectivity index (χ2v) is 2.56. The number of methoxy groups -OCH3 is 1. The monoisotopic (exact) mass is 174 g/mol. The van der Waals surface area contributed by atoms with Crippen molar-refractivity contribution in [1.82, 2.24) is 0 Å². The maximum absolute atomic E-state index is 10.9. The topological polar surface area (TPSA) is 26.3 Å². The second kappa shape index (κ2) is 4.97. The molecule has 0 aromatic carbocycles. The summed E-state index contributed by atoms with van der Waals surface area (Å²) in [4.78, 5) is 10.9. The molecule has 0 unspecified atom stereocenters. The molecule has 2 nitrogen and oxygen atoms in total. The molecular weight excluding hydrogens is 164 g/mol. The second-order valence-electron chi connectivity index (χ2n) is 1.97. The highest BCUT2D eigenvalue weighted by Crippen LogP contribution is 2.06. The Morgan fingerprint density at radius 2 is 2.09 bits per heavy atom. The lowest BCUT2D eigenvalue weighted by atomic mass is 10.2. The molecule has 0 N–H and O–H groups in total. The summed E-state index contributed by atoms with van der Waals surface area (Å²) in [7, 11) is 1.34. The smallest absolute Gasteiger partial charge is 0.337 e.